The van der Waals surface area contributed by atoms with E-state index >= 15 is 0 Å². The van der Waals surface area contributed by atoms with E-state index in [1.165, 1.54) is 32.1 Å². The molecule has 0 aromatic carbocycles. The highest BCUT2D eigenvalue weighted by atomic mass is 35.5. The number of rotatable bonds is 4. The zero-order valence-electron chi connectivity index (χ0n) is 13.0. The Labute approximate surface area is 131 Å². The highest BCUT2D eigenvalue weighted by molar-refractivity contribution is 6.17. The fourth-order valence-electron chi connectivity index (χ4n) is 3.63. The monoisotopic (exact) mass is 305 g/mol. The number of pyridine rings is 1. The van der Waals surface area contributed by atoms with Crippen LogP contribution in [0.15, 0.2) is 12.1 Å². The Morgan fingerprint density at radius 2 is 2.14 bits per heavy atom. The summed E-state index contributed by atoms with van der Waals surface area (Å²) >= 11 is 5.99. The van der Waals surface area contributed by atoms with Crippen molar-refractivity contribution in [1.29, 1.82) is 0 Å². The van der Waals surface area contributed by atoms with Crippen molar-refractivity contribution in [2.45, 2.75) is 58.4 Å². The Morgan fingerprint density at radius 1 is 1.29 bits per heavy atom. The number of hydrogen-bond acceptors (Lipinski definition) is 2. The Balaban J connectivity index is 2.05. The van der Waals surface area contributed by atoms with Gasteiger partial charge in [0.05, 0.1) is 0 Å². The third kappa shape index (κ3) is 2.94. The molecule has 2 heterocycles. The second kappa shape index (κ2) is 6.35. The van der Waals surface area contributed by atoms with Crippen LogP contribution in [0.4, 0.5) is 0 Å². The maximum Gasteiger partial charge on any atom is 0.160 e. The smallest absolute Gasteiger partial charge is 0.160 e. The predicted octanol–water partition coefficient (Wildman–Crippen LogP) is 4.66. The number of alkyl halides is 1. The van der Waals surface area contributed by atoms with Crippen molar-refractivity contribution in [2.75, 3.05) is 5.88 Å². The number of nitrogens with zero attached hydrogens (tertiary/aromatic N) is 3. The molecule has 0 aliphatic heterocycles. The summed E-state index contributed by atoms with van der Waals surface area (Å²) in [7, 11) is 0. The molecule has 0 radical (unpaired) electrons. The quantitative estimate of drug-likeness (QED) is 0.769. The summed E-state index contributed by atoms with van der Waals surface area (Å²) in [6.45, 7) is 4.36. The van der Waals surface area contributed by atoms with E-state index in [0.29, 0.717) is 11.9 Å². The van der Waals surface area contributed by atoms with Gasteiger partial charge in [0.25, 0.3) is 0 Å². The molecule has 2 aromatic rings. The lowest BCUT2D eigenvalue weighted by molar-refractivity contribution is 0.261. The summed E-state index contributed by atoms with van der Waals surface area (Å²) in [6, 6.07) is 4.67. The topological polar surface area (TPSA) is 30.7 Å². The normalized spacial score (nSPS) is 22.8. The fraction of sp³-hybridized carbons (Fsp3) is 0.647. The summed E-state index contributed by atoms with van der Waals surface area (Å²) in [6.07, 6.45) is 7.29. The van der Waals surface area contributed by atoms with E-state index in [1.807, 2.05) is 13.0 Å². The molecule has 0 bridgehead atoms. The SMILES string of the molecule is CCC1CCCC(n2c(CCCl)nc3ccc(C)nc32)C1. The molecule has 21 heavy (non-hydrogen) atoms. The summed E-state index contributed by atoms with van der Waals surface area (Å²) in [4.78, 5) is 9.55. The lowest BCUT2D eigenvalue weighted by atomic mass is 9.84. The van der Waals surface area contributed by atoms with Gasteiger partial charge in [-0.1, -0.05) is 26.2 Å². The highest BCUT2D eigenvalue weighted by Gasteiger charge is 2.26. The third-order valence-corrected chi connectivity index (χ3v) is 4.95. The van der Waals surface area contributed by atoms with Crippen LogP contribution in [0.2, 0.25) is 0 Å². The van der Waals surface area contributed by atoms with Crippen molar-refractivity contribution in [1.82, 2.24) is 14.5 Å². The van der Waals surface area contributed by atoms with Crippen LogP contribution in [0.5, 0.6) is 0 Å². The Bertz CT molecular complexity index is 620. The maximum absolute atomic E-state index is 5.99. The molecule has 3 nitrogen and oxygen atoms in total. The first-order chi connectivity index (χ1) is 10.2. The van der Waals surface area contributed by atoms with Gasteiger partial charge in [0, 0.05) is 24.0 Å². The van der Waals surface area contributed by atoms with E-state index in [4.69, 9.17) is 21.6 Å². The molecular weight excluding hydrogens is 282 g/mol. The fourth-order valence-corrected chi connectivity index (χ4v) is 3.80. The van der Waals surface area contributed by atoms with E-state index in [9.17, 15) is 0 Å². The van der Waals surface area contributed by atoms with Gasteiger partial charge in [-0.05, 0) is 37.8 Å². The molecule has 0 saturated heterocycles. The van der Waals surface area contributed by atoms with Crippen LogP contribution in [0, 0.1) is 12.8 Å². The minimum Gasteiger partial charge on any atom is -0.310 e. The molecule has 2 atom stereocenters. The largest absolute Gasteiger partial charge is 0.310 e. The molecule has 114 valence electrons. The van der Waals surface area contributed by atoms with Crippen LogP contribution in [-0.4, -0.2) is 20.4 Å². The molecule has 1 fully saturated rings. The summed E-state index contributed by atoms with van der Waals surface area (Å²) in [5.74, 6) is 2.57. The summed E-state index contributed by atoms with van der Waals surface area (Å²) < 4.78 is 2.40. The number of halogens is 1. The standard InChI is InChI=1S/C17H24ClN3/c1-3-13-5-4-6-14(11-13)21-16(9-10-18)20-15-8-7-12(2)19-17(15)21/h7-8,13-14H,3-6,9-11H2,1-2H3. The van der Waals surface area contributed by atoms with Crippen LogP contribution < -0.4 is 0 Å². The van der Waals surface area contributed by atoms with Crippen LogP contribution in [-0.2, 0) is 6.42 Å². The van der Waals surface area contributed by atoms with Crippen molar-refractivity contribution in [3.8, 4) is 0 Å². The van der Waals surface area contributed by atoms with Gasteiger partial charge >= 0.3 is 0 Å². The molecule has 4 heteroatoms. The van der Waals surface area contributed by atoms with E-state index < -0.39 is 0 Å². The molecule has 2 aromatic heterocycles. The van der Waals surface area contributed by atoms with E-state index in [-0.39, 0.29) is 0 Å². The lowest BCUT2D eigenvalue weighted by Crippen LogP contribution is -2.21. The molecule has 0 spiro atoms. The van der Waals surface area contributed by atoms with Gasteiger partial charge in [0.1, 0.15) is 11.3 Å². The van der Waals surface area contributed by atoms with Crippen LogP contribution in [0.3, 0.4) is 0 Å². The molecule has 1 aliphatic rings. The first-order valence-corrected chi connectivity index (χ1v) is 8.66. The van der Waals surface area contributed by atoms with E-state index in [2.05, 4.69) is 17.6 Å². The second-order valence-electron chi connectivity index (χ2n) is 6.23. The number of aryl methyl sites for hydroxylation is 2. The average Bonchev–Trinajstić information content (AvgIpc) is 2.85. The Hall–Kier alpha value is -1.09. The van der Waals surface area contributed by atoms with E-state index in [1.54, 1.807) is 0 Å². The number of imidazole rings is 1. The summed E-state index contributed by atoms with van der Waals surface area (Å²) in [5.41, 5.74) is 3.13. The van der Waals surface area contributed by atoms with Gasteiger partial charge in [-0.2, -0.15) is 0 Å². The summed E-state index contributed by atoms with van der Waals surface area (Å²) in [5, 5.41) is 0. The van der Waals surface area contributed by atoms with Gasteiger partial charge in [-0.3, -0.25) is 0 Å². The predicted molar refractivity (Wildman–Crippen MR) is 88.0 cm³/mol. The molecule has 2 unspecified atom stereocenters. The van der Waals surface area contributed by atoms with Gasteiger partial charge in [-0.25, -0.2) is 9.97 Å². The van der Waals surface area contributed by atoms with Crippen molar-refractivity contribution in [3.63, 3.8) is 0 Å². The Morgan fingerprint density at radius 3 is 2.90 bits per heavy atom. The minimum atomic E-state index is 0.543. The van der Waals surface area contributed by atoms with E-state index in [0.717, 1.165) is 35.0 Å². The Kier molecular flexibility index (Phi) is 4.48. The highest BCUT2D eigenvalue weighted by Crippen LogP contribution is 2.36. The number of fused-ring (bicyclic) bond motifs is 1. The molecule has 1 saturated carbocycles. The van der Waals surface area contributed by atoms with Crippen LogP contribution in [0.25, 0.3) is 11.2 Å². The zero-order valence-corrected chi connectivity index (χ0v) is 13.7. The lowest BCUT2D eigenvalue weighted by Gasteiger charge is -2.30. The van der Waals surface area contributed by atoms with Crippen LogP contribution >= 0.6 is 11.6 Å². The zero-order chi connectivity index (χ0) is 14.8. The second-order valence-corrected chi connectivity index (χ2v) is 6.61. The molecule has 3 rings (SSSR count). The third-order valence-electron chi connectivity index (χ3n) is 4.77. The number of aromatic nitrogens is 3. The minimum absolute atomic E-state index is 0.543. The van der Waals surface area contributed by atoms with Gasteiger partial charge in [0.15, 0.2) is 5.65 Å². The van der Waals surface area contributed by atoms with Crippen molar-refractivity contribution < 1.29 is 0 Å². The van der Waals surface area contributed by atoms with Crippen LogP contribution in [0.1, 0.15) is 56.6 Å². The van der Waals surface area contributed by atoms with Crippen molar-refractivity contribution in [3.05, 3.63) is 23.7 Å². The molecule has 1 aliphatic carbocycles. The molecule has 0 amide bonds. The van der Waals surface area contributed by atoms with Gasteiger partial charge in [0.2, 0.25) is 0 Å². The molecule has 0 N–H and O–H groups in total. The molecular formula is C17H24ClN3. The van der Waals surface area contributed by atoms with Crippen molar-refractivity contribution in [2.24, 2.45) is 5.92 Å². The maximum atomic E-state index is 5.99. The first kappa shape index (κ1) is 14.8. The van der Waals surface area contributed by atoms with Crippen molar-refractivity contribution >= 4 is 22.8 Å². The average molecular weight is 306 g/mol. The number of hydrogen-bond donors (Lipinski definition) is 0. The van der Waals surface area contributed by atoms with Gasteiger partial charge in [-0.15, -0.1) is 11.6 Å². The first-order valence-electron chi connectivity index (χ1n) is 8.13. The van der Waals surface area contributed by atoms with Gasteiger partial charge < -0.3 is 4.57 Å².